The molecule has 130 valence electrons. The largest absolute Gasteiger partial charge is 0.337 e. The number of hydrogen-bond donors (Lipinski definition) is 2. The molecule has 0 unspecified atom stereocenters. The zero-order valence-corrected chi connectivity index (χ0v) is 14.3. The Labute approximate surface area is 152 Å². The highest BCUT2D eigenvalue weighted by Gasteiger charge is 2.22. The molecule has 0 spiro atoms. The Morgan fingerprint density at radius 3 is 1.92 bits per heavy atom. The van der Waals surface area contributed by atoms with E-state index in [2.05, 4.69) is 15.6 Å². The molecule has 0 radical (unpaired) electrons. The van der Waals surface area contributed by atoms with Crippen molar-refractivity contribution in [3.8, 4) is 0 Å². The molecule has 1 heterocycles. The number of aromatic nitrogens is 1. The highest BCUT2D eigenvalue weighted by molar-refractivity contribution is 6.39. The number of benzene rings is 2. The number of pyridine rings is 1. The minimum absolute atomic E-state index is 0.378. The molecule has 5 nitrogen and oxygen atoms in total. The van der Waals surface area contributed by atoms with Crippen LogP contribution in [0, 0.1) is 6.92 Å². The van der Waals surface area contributed by atoms with Crippen LogP contribution in [0.1, 0.15) is 22.7 Å². The summed E-state index contributed by atoms with van der Waals surface area (Å²) in [4.78, 5) is 28.8. The van der Waals surface area contributed by atoms with Crippen molar-refractivity contribution in [3.63, 3.8) is 0 Å². The first-order chi connectivity index (χ1) is 12.6. The van der Waals surface area contributed by atoms with E-state index in [1.807, 2.05) is 73.7 Å². The van der Waals surface area contributed by atoms with Crippen molar-refractivity contribution in [2.75, 3.05) is 5.32 Å². The third-order valence-electron chi connectivity index (χ3n) is 3.99. The van der Waals surface area contributed by atoms with E-state index >= 15 is 0 Å². The van der Waals surface area contributed by atoms with Crippen molar-refractivity contribution in [1.82, 2.24) is 10.3 Å². The summed E-state index contributed by atoms with van der Waals surface area (Å²) in [6.45, 7) is 1.82. The van der Waals surface area contributed by atoms with Gasteiger partial charge in [-0.15, -0.1) is 0 Å². The van der Waals surface area contributed by atoms with E-state index in [1.165, 1.54) is 0 Å². The zero-order valence-electron chi connectivity index (χ0n) is 14.3. The molecule has 5 heteroatoms. The van der Waals surface area contributed by atoms with Crippen LogP contribution in [-0.2, 0) is 9.59 Å². The van der Waals surface area contributed by atoms with Gasteiger partial charge >= 0.3 is 11.8 Å². The van der Waals surface area contributed by atoms with Gasteiger partial charge in [-0.3, -0.25) is 9.59 Å². The van der Waals surface area contributed by atoms with Crippen molar-refractivity contribution in [1.29, 1.82) is 0 Å². The van der Waals surface area contributed by atoms with E-state index in [1.54, 1.807) is 12.3 Å². The van der Waals surface area contributed by atoms with Gasteiger partial charge in [-0.2, -0.15) is 0 Å². The molecule has 0 aliphatic carbocycles. The fourth-order valence-electron chi connectivity index (χ4n) is 2.63. The second-order valence-corrected chi connectivity index (χ2v) is 5.85. The number of nitrogens with zero attached hydrogens (tertiary/aromatic N) is 1. The van der Waals surface area contributed by atoms with Crippen LogP contribution in [0.25, 0.3) is 0 Å². The average molecular weight is 345 g/mol. The van der Waals surface area contributed by atoms with Crippen LogP contribution < -0.4 is 10.6 Å². The molecule has 0 aliphatic rings. The Kier molecular flexibility index (Phi) is 5.39. The molecule has 2 N–H and O–H groups in total. The maximum absolute atomic E-state index is 12.5. The van der Waals surface area contributed by atoms with Gasteiger partial charge in [-0.05, 0) is 29.7 Å². The van der Waals surface area contributed by atoms with E-state index in [9.17, 15) is 9.59 Å². The van der Waals surface area contributed by atoms with Gasteiger partial charge in [-0.25, -0.2) is 4.98 Å². The summed E-state index contributed by atoms with van der Waals surface area (Å²) in [6.07, 6.45) is 1.57. The summed E-state index contributed by atoms with van der Waals surface area (Å²) >= 11 is 0. The molecule has 3 rings (SSSR count). The lowest BCUT2D eigenvalue weighted by Gasteiger charge is -2.19. The number of amides is 2. The third-order valence-corrected chi connectivity index (χ3v) is 3.99. The Bertz CT molecular complexity index is 856. The normalized spacial score (nSPS) is 10.4. The van der Waals surface area contributed by atoms with Gasteiger partial charge in [0.15, 0.2) is 0 Å². The Morgan fingerprint density at radius 2 is 1.38 bits per heavy atom. The van der Waals surface area contributed by atoms with Crippen molar-refractivity contribution in [2.24, 2.45) is 0 Å². The minimum atomic E-state index is -0.747. The second kappa shape index (κ2) is 8.07. The number of anilines is 1. The Hall–Kier alpha value is -3.47. The molecule has 0 aliphatic heterocycles. The predicted molar refractivity (Wildman–Crippen MR) is 100 cm³/mol. The fourth-order valence-corrected chi connectivity index (χ4v) is 2.63. The number of aryl methyl sites for hydroxylation is 1. The molecule has 0 saturated carbocycles. The number of carbonyl (C=O) groups is 2. The average Bonchev–Trinajstić information content (AvgIpc) is 2.69. The van der Waals surface area contributed by atoms with Crippen molar-refractivity contribution in [2.45, 2.75) is 13.0 Å². The van der Waals surface area contributed by atoms with Gasteiger partial charge in [0, 0.05) is 6.20 Å². The summed E-state index contributed by atoms with van der Waals surface area (Å²) in [7, 11) is 0. The zero-order chi connectivity index (χ0) is 18.4. The van der Waals surface area contributed by atoms with Crippen LogP contribution in [0.4, 0.5) is 5.82 Å². The first kappa shape index (κ1) is 17.4. The SMILES string of the molecule is Cc1cccnc1NC(=O)C(=O)NC(c1ccccc1)c1ccccc1. The monoisotopic (exact) mass is 345 g/mol. The van der Waals surface area contributed by atoms with Crippen molar-refractivity contribution >= 4 is 17.6 Å². The molecule has 1 aromatic heterocycles. The van der Waals surface area contributed by atoms with Gasteiger partial charge in [0.05, 0.1) is 6.04 Å². The molecule has 0 saturated heterocycles. The van der Waals surface area contributed by atoms with E-state index < -0.39 is 17.9 Å². The summed E-state index contributed by atoms with van der Waals surface area (Å²) in [5.74, 6) is -1.08. The van der Waals surface area contributed by atoms with Gasteiger partial charge in [0.2, 0.25) is 0 Å². The summed E-state index contributed by atoms with van der Waals surface area (Å²) in [5.41, 5.74) is 2.58. The Balaban J connectivity index is 1.79. The summed E-state index contributed by atoms with van der Waals surface area (Å²) in [5, 5.41) is 5.37. The van der Waals surface area contributed by atoms with Crippen LogP contribution in [0.15, 0.2) is 79.0 Å². The highest BCUT2D eigenvalue weighted by Crippen LogP contribution is 2.21. The molecule has 3 aromatic rings. The molecule has 2 amide bonds. The van der Waals surface area contributed by atoms with Gasteiger partial charge in [0.1, 0.15) is 5.82 Å². The van der Waals surface area contributed by atoms with Gasteiger partial charge in [-0.1, -0.05) is 66.7 Å². The fraction of sp³-hybridized carbons (Fsp3) is 0.0952. The molecular weight excluding hydrogens is 326 g/mol. The number of carbonyl (C=O) groups excluding carboxylic acids is 2. The lowest BCUT2D eigenvalue weighted by molar-refractivity contribution is -0.136. The summed E-state index contributed by atoms with van der Waals surface area (Å²) < 4.78 is 0. The van der Waals surface area contributed by atoms with E-state index in [0.29, 0.717) is 5.82 Å². The van der Waals surface area contributed by atoms with E-state index in [-0.39, 0.29) is 0 Å². The van der Waals surface area contributed by atoms with Crippen molar-refractivity contribution < 1.29 is 9.59 Å². The lowest BCUT2D eigenvalue weighted by Crippen LogP contribution is -2.38. The van der Waals surface area contributed by atoms with Gasteiger partial charge < -0.3 is 10.6 Å². The topological polar surface area (TPSA) is 71.1 Å². The maximum Gasteiger partial charge on any atom is 0.314 e. The van der Waals surface area contributed by atoms with Crippen LogP contribution in [0.3, 0.4) is 0 Å². The molecule has 26 heavy (non-hydrogen) atoms. The molecule has 0 bridgehead atoms. The second-order valence-electron chi connectivity index (χ2n) is 5.85. The van der Waals surface area contributed by atoms with E-state index in [0.717, 1.165) is 16.7 Å². The van der Waals surface area contributed by atoms with Crippen LogP contribution in [0.2, 0.25) is 0 Å². The lowest BCUT2D eigenvalue weighted by atomic mass is 9.99. The molecule has 2 aromatic carbocycles. The van der Waals surface area contributed by atoms with Gasteiger partial charge in [0.25, 0.3) is 0 Å². The molecule has 0 atom stereocenters. The van der Waals surface area contributed by atoms with Crippen LogP contribution in [-0.4, -0.2) is 16.8 Å². The first-order valence-corrected chi connectivity index (χ1v) is 8.28. The summed E-state index contributed by atoms with van der Waals surface area (Å²) in [6, 6.07) is 22.2. The minimum Gasteiger partial charge on any atom is -0.337 e. The van der Waals surface area contributed by atoms with Crippen LogP contribution >= 0.6 is 0 Å². The molecule has 0 fully saturated rings. The standard InChI is InChI=1S/C21H19N3O2/c1-15-9-8-14-22-19(15)24-21(26)20(25)23-18(16-10-4-2-5-11-16)17-12-6-3-7-13-17/h2-14,18H,1H3,(H,23,25)(H,22,24,26). The third kappa shape index (κ3) is 4.13. The number of rotatable bonds is 4. The number of hydrogen-bond acceptors (Lipinski definition) is 3. The Morgan fingerprint density at radius 1 is 0.808 bits per heavy atom. The van der Waals surface area contributed by atoms with E-state index in [4.69, 9.17) is 0 Å². The maximum atomic E-state index is 12.5. The smallest absolute Gasteiger partial charge is 0.314 e. The number of nitrogens with one attached hydrogen (secondary N) is 2. The molecular formula is C21H19N3O2. The predicted octanol–water partition coefficient (Wildman–Crippen LogP) is 3.23. The first-order valence-electron chi connectivity index (χ1n) is 8.28. The quantitative estimate of drug-likeness (QED) is 0.713. The highest BCUT2D eigenvalue weighted by atomic mass is 16.2. The van der Waals surface area contributed by atoms with Crippen molar-refractivity contribution in [3.05, 3.63) is 95.7 Å². The van der Waals surface area contributed by atoms with Crippen LogP contribution in [0.5, 0.6) is 0 Å².